The summed E-state index contributed by atoms with van der Waals surface area (Å²) < 4.78 is 2.22. The van der Waals surface area contributed by atoms with Crippen molar-refractivity contribution in [3.63, 3.8) is 0 Å². The van der Waals surface area contributed by atoms with Gasteiger partial charge in [0.05, 0.1) is 11.3 Å². The van der Waals surface area contributed by atoms with Crippen LogP contribution in [0.15, 0.2) is 70.1 Å². The van der Waals surface area contributed by atoms with E-state index in [2.05, 4.69) is 21.4 Å². The second-order valence-corrected chi connectivity index (χ2v) is 6.84. The molecular formula is C17H13Br2N2O2S-. The van der Waals surface area contributed by atoms with Gasteiger partial charge in [0.1, 0.15) is 0 Å². The summed E-state index contributed by atoms with van der Waals surface area (Å²) in [4.78, 5) is 24.7. The Kier molecular flexibility index (Phi) is 6.53. The number of benzene rings is 2. The van der Waals surface area contributed by atoms with Gasteiger partial charge >= 0.3 is 4.87 Å². The highest BCUT2D eigenvalue weighted by Gasteiger charge is 2.09. The number of halogens is 2. The molecular weight excluding hydrogens is 456 g/mol. The molecule has 1 heterocycles. The number of nitrogens with zero attached hydrogens (tertiary/aromatic N) is 1. The van der Waals surface area contributed by atoms with Crippen LogP contribution in [0.5, 0.6) is 0 Å². The number of carbonyl (C=O) groups is 1. The first-order chi connectivity index (χ1) is 11.1. The van der Waals surface area contributed by atoms with Gasteiger partial charge in [0.25, 0.3) is 0 Å². The summed E-state index contributed by atoms with van der Waals surface area (Å²) in [5, 5.41) is 0. The van der Waals surface area contributed by atoms with Crippen LogP contribution in [0.3, 0.4) is 0 Å². The monoisotopic (exact) mass is 467 g/mol. The van der Waals surface area contributed by atoms with E-state index in [1.807, 2.05) is 54.6 Å². The summed E-state index contributed by atoms with van der Waals surface area (Å²) >= 11 is 4.48. The minimum Gasteiger partial charge on any atom is -1.00 e. The molecule has 124 valence electrons. The van der Waals surface area contributed by atoms with E-state index in [0.717, 1.165) is 31.8 Å². The van der Waals surface area contributed by atoms with Gasteiger partial charge in [-0.15, -0.1) is 0 Å². The van der Waals surface area contributed by atoms with E-state index < -0.39 is 0 Å². The maximum Gasteiger partial charge on any atom is 0.326 e. The molecule has 0 radical (unpaired) electrons. The van der Waals surface area contributed by atoms with Gasteiger partial charge in [-0.05, 0) is 23.3 Å². The number of thiazole rings is 1. The molecule has 7 heteroatoms. The maximum absolute atomic E-state index is 12.1. The van der Waals surface area contributed by atoms with Gasteiger partial charge in [0, 0.05) is 10.7 Å². The molecule has 0 aliphatic rings. The predicted octanol–water partition coefficient (Wildman–Crippen LogP) is 0.656. The summed E-state index contributed by atoms with van der Waals surface area (Å²) in [5.74, 6) is -0.224. The molecule has 1 N–H and O–H groups in total. The van der Waals surface area contributed by atoms with Crippen LogP contribution in [0.2, 0.25) is 0 Å². The number of nitrogens with one attached hydrogen (secondary N) is 1. The van der Waals surface area contributed by atoms with Gasteiger partial charge in [0.2, 0.25) is 5.91 Å². The van der Waals surface area contributed by atoms with Gasteiger partial charge in [-0.3, -0.25) is 15.0 Å². The Morgan fingerprint density at radius 3 is 2.42 bits per heavy atom. The van der Waals surface area contributed by atoms with E-state index >= 15 is 0 Å². The molecule has 0 atom stereocenters. The molecule has 0 unspecified atom stereocenters. The van der Waals surface area contributed by atoms with E-state index in [0.29, 0.717) is 0 Å². The SMILES string of the molecule is O=C(Cc1ccccc1)Nn1cc(-c2ccc(Br)cc2)sc1=O.[Br-]. The standard InChI is InChI=1S/C17H13BrN2O2S.BrH/c18-14-8-6-13(7-9-14)15-11-20(17(22)23-15)19-16(21)10-12-4-2-1-3-5-12;/h1-9,11H,10H2,(H,19,21);1H/p-1. The van der Waals surface area contributed by atoms with Crippen LogP contribution >= 0.6 is 27.3 Å². The van der Waals surface area contributed by atoms with Crippen LogP contribution in [0.1, 0.15) is 5.56 Å². The van der Waals surface area contributed by atoms with E-state index in [9.17, 15) is 9.59 Å². The highest BCUT2D eigenvalue weighted by molar-refractivity contribution is 9.10. The average Bonchev–Trinajstić information content (AvgIpc) is 2.90. The Labute approximate surface area is 162 Å². The fourth-order valence-corrected chi connectivity index (χ4v) is 3.18. The van der Waals surface area contributed by atoms with Crippen LogP contribution in [-0.4, -0.2) is 10.6 Å². The molecule has 0 saturated carbocycles. The van der Waals surface area contributed by atoms with Crippen molar-refractivity contribution >= 4 is 33.2 Å². The summed E-state index contributed by atoms with van der Waals surface area (Å²) in [7, 11) is 0. The fraction of sp³-hybridized carbons (Fsp3) is 0.0588. The summed E-state index contributed by atoms with van der Waals surface area (Å²) in [5.41, 5.74) is 4.47. The van der Waals surface area contributed by atoms with Gasteiger partial charge in [-0.2, -0.15) is 0 Å². The molecule has 1 amide bonds. The van der Waals surface area contributed by atoms with Gasteiger partial charge in [0.15, 0.2) is 0 Å². The van der Waals surface area contributed by atoms with Crippen molar-refractivity contribution in [1.82, 2.24) is 4.68 Å². The lowest BCUT2D eigenvalue weighted by molar-refractivity contribution is -0.116. The van der Waals surface area contributed by atoms with Crippen LogP contribution < -0.4 is 27.3 Å². The highest BCUT2D eigenvalue weighted by Crippen LogP contribution is 2.23. The van der Waals surface area contributed by atoms with Crippen molar-refractivity contribution in [2.75, 3.05) is 5.43 Å². The summed E-state index contributed by atoms with van der Waals surface area (Å²) in [6, 6.07) is 17.1. The Bertz CT molecular complexity index is 874. The van der Waals surface area contributed by atoms with Gasteiger partial charge < -0.3 is 17.0 Å². The van der Waals surface area contributed by atoms with Crippen molar-refractivity contribution in [1.29, 1.82) is 0 Å². The first kappa shape index (κ1) is 18.6. The fourth-order valence-electron chi connectivity index (χ4n) is 2.12. The third-order valence-corrected chi connectivity index (χ3v) is 4.68. The van der Waals surface area contributed by atoms with E-state index in [1.165, 1.54) is 4.68 Å². The largest absolute Gasteiger partial charge is 1.00 e. The van der Waals surface area contributed by atoms with Crippen LogP contribution in [0.25, 0.3) is 10.4 Å². The topological polar surface area (TPSA) is 51.1 Å². The smallest absolute Gasteiger partial charge is 0.326 e. The molecule has 0 bridgehead atoms. The minimum absolute atomic E-state index is 0. The second-order valence-electron chi connectivity index (χ2n) is 4.94. The van der Waals surface area contributed by atoms with Crippen molar-refractivity contribution in [2.24, 2.45) is 0 Å². The molecule has 3 aromatic rings. The number of hydrogen-bond donors (Lipinski definition) is 1. The quantitative estimate of drug-likeness (QED) is 0.611. The zero-order chi connectivity index (χ0) is 16.2. The van der Waals surface area contributed by atoms with Crippen molar-refractivity contribution in [2.45, 2.75) is 6.42 Å². The molecule has 0 aliphatic carbocycles. The zero-order valence-electron chi connectivity index (χ0n) is 12.4. The van der Waals surface area contributed by atoms with Crippen LogP contribution in [-0.2, 0) is 11.2 Å². The first-order valence-electron chi connectivity index (χ1n) is 6.94. The lowest BCUT2D eigenvalue weighted by Gasteiger charge is -2.04. The maximum atomic E-state index is 12.1. The number of aromatic nitrogens is 1. The second kappa shape index (κ2) is 8.41. The molecule has 0 saturated heterocycles. The third kappa shape index (κ3) is 4.66. The normalized spacial score (nSPS) is 10.0. The van der Waals surface area contributed by atoms with Gasteiger partial charge in [-0.1, -0.05) is 69.7 Å². The molecule has 4 nitrogen and oxygen atoms in total. The average molecular weight is 469 g/mol. The molecule has 0 fully saturated rings. The lowest BCUT2D eigenvalue weighted by Crippen LogP contribution is -3.00. The van der Waals surface area contributed by atoms with Crippen molar-refractivity contribution in [3.8, 4) is 10.4 Å². The van der Waals surface area contributed by atoms with Crippen molar-refractivity contribution < 1.29 is 21.8 Å². The summed E-state index contributed by atoms with van der Waals surface area (Å²) in [6.07, 6.45) is 1.88. The Morgan fingerprint density at radius 2 is 1.75 bits per heavy atom. The van der Waals surface area contributed by atoms with Crippen LogP contribution in [0.4, 0.5) is 0 Å². The Hall–Kier alpha value is -1.70. The molecule has 24 heavy (non-hydrogen) atoms. The predicted molar refractivity (Wildman–Crippen MR) is 96.2 cm³/mol. The Balaban J connectivity index is 0.00000208. The number of carbonyl (C=O) groups excluding carboxylic acids is 1. The minimum atomic E-state index is -0.224. The first-order valence-corrected chi connectivity index (χ1v) is 8.55. The summed E-state index contributed by atoms with van der Waals surface area (Å²) in [6.45, 7) is 0. The molecule has 3 rings (SSSR count). The number of hydrogen-bond acceptors (Lipinski definition) is 3. The number of rotatable bonds is 4. The molecule has 1 aromatic heterocycles. The van der Waals surface area contributed by atoms with E-state index in [-0.39, 0.29) is 34.2 Å². The highest BCUT2D eigenvalue weighted by atomic mass is 79.9. The van der Waals surface area contributed by atoms with Crippen LogP contribution in [0, 0.1) is 0 Å². The van der Waals surface area contributed by atoms with E-state index in [4.69, 9.17) is 0 Å². The molecule has 0 aliphatic heterocycles. The van der Waals surface area contributed by atoms with E-state index in [1.54, 1.807) is 6.20 Å². The zero-order valence-corrected chi connectivity index (χ0v) is 16.4. The molecule has 0 spiro atoms. The third-order valence-electron chi connectivity index (χ3n) is 3.22. The molecule has 2 aromatic carbocycles. The van der Waals surface area contributed by atoms with Gasteiger partial charge in [-0.25, -0.2) is 4.68 Å². The lowest BCUT2D eigenvalue weighted by atomic mass is 10.1. The Morgan fingerprint density at radius 1 is 1.08 bits per heavy atom. The van der Waals surface area contributed by atoms with Crippen molar-refractivity contribution in [3.05, 3.63) is 80.5 Å². The number of amides is 1.